The number of halogens is 1. The molecule has 0 heterocycles. The summed E-state index contributed by atoms with van der Waals surface area (Å²) < 4.78 is 6.55. The van der Waals surface area contributed by atoms with Gasteiger partial charge in [-0.15, -0.1) is 0 Å². The van der Waals surface area contributed by atoms with E-state index in [0.717, 1.165) is 22.5 Å². The van der Waals surface area contributed by atoms with E-state index in [1.165, 1.54) is 5.56 Å². The van der Waals surface area contributed by atoms with Gasteiger partial charge in [0, 0.05) is 11.0 Å². The van der Waals surface area contributed by atoms with Crippen molar-refractivity contribution < 1.29 is 4.74 Å². The molecule has 0 aromatic heterocycles. The van der Waals surface area contributed by atoms with Crippen molar-refractivity contribution in [2.75, 3.05) is 17.7 Å². The monoisotopic (exact) mass is 320 g/mol. The van der Waals surface area contributed by atoms with Gasteiger partial charge in [-0.2, -0.15) is 0 Å². The van der Waals surface area contributed by atoms with Crippen molar-refractivity contribution in [3.05, 3.63) is 52.5 Å². The number of hydrogen-bond acceptors (Lipinski definition) is 3. The van der Waals surface area contributed by atoms with Gasteiger partial charge in [0.1, 0.15) is 5.75 Å². The predicted octanol–water partition coefficient (Wildman–Crippen LogP) is 4.04. The Morgan fingerprint density at radius 1 is 1.21 bits per heavy atom. The Kier molecular flexibility index (Phi) is 4.68. The van der Waals surface area contributed by atoms with E-state index in [2.05, 4.69) is 33.4 Å². The van der Waals surface area contributed by atoms with Crippen molar-refractivity contribution in [2.24, 2.45) is 0 Å². The van der Waals surface area contributed by atoms with Crippen LogP contribution in [0.4, 0.5) is 11.4 Å². The van der Waals surface area contributed by atoms with Crippen molar-refractivity contribution >= 4 is 27.3 Å². The molecule has 0 saturated heterocycles. The van der Waals surface area contributed by atoms with Gasteiger partial charge in [-0.3, -0.25) is 0 Å². The van der Waals surface area contributed by atoms with Gasteiger partial charge in [-0.1, -0.05) is 34.1 Å². The number of hydrogen-bond donors (Lipinski definition) is 2. The van der Waals surface area contributed by atoms with Crippen molar-refractivity contribution in [3.63, 3.8) is 0 Å². The highest BCUT2D eigenvalue weighted by atomic mass is 79.9. The minimum absolute atomic E-state index is 0.610. The van der Waals surface area contributed by atoms with E-state index in [0.29, 0.717) is 12.3 Å². The van der Waals surface area contributed by atoms with Crippen LogP contribution < -0.4 is 15.8 Å². The molecule has 2 rings (SSSR count). The average Bonchev–Trinajstić information content (AvgIpc) is 2.40. The highest BCUT2D eigenvalue weighted by Crippen LogP contribution is 2.29. The topological polar surface area (TPSA) is 47.3 Å². The second-order valence-corrected chi connectivity index (χ2v) is 5.05. The molecule has 0 bridgehead atoms. The van der Waals surface area contributed by atoms with Gasteiger partial charge in [0.05, 0.1) is 18.0 Å². The van der Waals surface area contributed by atoms with Gasteiger partial charge in [0.15, 0.2) is 0 Å². The van der Waals surface area contributed by atoms with Crippen LogP contribution in [0.3, 0.4) is 0 Å². The lowest BCUT2D eigenvalue weighted by Crippen LogP contribution is -2.04. The molecule has 0 unspecified atom stereocenters. The van der Waals surface area contributed by atoms with E-state index in [-0.39, 0.29) is 0 Å². The van der Waals surface area contributed by atoms with Gasteiger partial charge in [-0.25, -0.2) is 0 Å². The van der Waals surface area contributed by atoms with Gasteiger partial charge < -0.3 is 15.8 Å². The number of ether oxygens (including phenoxy) is 1. The fraction of sp³-hybridized carbons (Fsp3) is 0.200. The highest BCUT2D eigenvalue weighted by molar-refractivity contribution is 9.10. The average molecular weight is 321 g/mol. The van der Waals surface area contributed by atoms with E-state index in [9.17, 15) is 0 Å². The Labute approximate surface area is 121 Å². The van der Waals surface area contributed by atoms with Crippen LogP contribution in [0.25, 0.3) is 0 Å². The third-order valence-corrected chi connectivity index (χ3v) is 3.23. The van der Waals surface area contributed by atoms with Crippen LogP contribution in [-0.2, 0) is 6.54 Å². The van der Waals surface area contributed by atoms with Crippen LogP contribution in [0.15, 0.2) is 46.9 Å². The van der Waals surface area contributed by atoms with Crippen LogP contribution in [0.1, 0.15) is 12.5 Å². The van der Waals surface area contributed by atoms with Crippen molar-refractivity contribution in [2.45, 2.75) is 13.5 Å². The summed E-state index contributed by atoms with van der Waals surface area (Å²) in [4.78, 5) is 0. The number of nitrogens with one attached hydrogen (secondary N) is 1. The Balaban J connectivity index is 2.09. The molecule has 4 heteroatoms. The Hall–Kier alpha value is -1.68. The quantitative estimate of drug-likeness (QED) is 0.817. The first-order valence-corrected chi connectivity index (χ1v) is 6.99. The molecule has 100 valence electrons. The lowest BCUT2D eigenvalue weighted by Gasteiger charge is -2.13. The van der Waals surface area contributed by atoms with Gasteiger partial charge in [-0.05, 0) is 36.8 Å². The van der Waals surface area contributed by atoms with E-state index in [1.54, 1.807) is 0 Å². The maximum Gasteiger partial charge on any atom is 0.144 e. The Morgan fingerprint density at radius 3 is 2.74 bits per heavy atom. The molecule has 0 fully saturated rings. The minimum atomic E-state index is 0.610. The predicted molar refractivity (Wildman–Crippen MR) is 83.5 cm³/mol. The van der Waals surface area contributed by atoms with Crippen LogP contribution in [0, 0.1) is 0 Å². The molecule has 0 aliphatic heterocycles. The van der Waals surface area contributed by atoms with E-state index in [4.69, 9.17) is 10.5 Å². The third-order valence-electron chi connectivity index (χ3n) is 2.74. The molecule has 0 saturated carbocycles. The maximum absolute atomic E-state index is 6.07. The van der Waals surface area contributed by atoms with Crippen molar-refractivity contribution in [1.29, 1.82) is 0 Å². The number of rotatable bonds is 5. The third kappa shape index (κ3) is 3.64. The first kappa shape index (κ1) is 13.7. The molecule has 3 N–H and O–H groups in total. The largest absolute Gasteiger partial charge is 0.492 e. The maximum atomic E-state index is 6.07. The zero-order valence-corrected chi connectivity index (χ0v) is 12.4. The van der Waals surface area contributed by atoms with Crippen LogP contribution in [0.5, 0.6) is 5.75 Å². The van der Waals surface area contributed by atoms with Gasteiger partial charge >= 0.3 is 0 Å². The van der Waals surface area contributed by atoms with E-state index >= 15 is 0 Å². The molecule has 0 radical (unpaired) electrons. The normalized spacial score (nSPS) is 10.2. The number of anilines is 2. The lowest BCUT2D eigenvalue weighted by atomic mass is 10.2. The number of nitrogen functional groups attached to an aromatic ring is 1. The summed E-state index contributed by atoms with van der Waals surface area (Å²) in [7, 11) is 0. The summed E-state index contributed by atoms with van der Waals surface area (Å²) in [6.07, 6.45) is 0. The van der Waals surface area contributed by atoms with Gasteiger partial charge in [0.25, 0.3) is 0 Å². The fourth-order valence-corrected chi connectivity index (χ4v) is 2.27. The molecular formula is C15H17BrN2O. The summed E-state index contributed by atoms with van der Waals surface area (Å²) in [5, 5.41) is 3.33. The Morgan fingerprint density at radius 2 is 2.00 bits per heavy atom. The van der Waals surface area contributed by atoms with Crippen LogP contribution >= 0.6 is 15.9 Å². The Bertz CT molecular complexity index is 558. The SMILES string of the molecule is CCOc1cccc(NCc2cccc(Br)c2)c1N. The second-order valence-electron chi connectivity index (χ2n) is 4.13. The van der Waals surface area contributed by atoms with E-state index in [1.807, 2.05) is 37.3 Å². The molecule has 0 amide bonds. The number of nitrogens with two attached hydrogens (primary N) is 1. The summed E-state index contributed by atoms with van der Waals surface area (Å²) >= 11 is 3.46. The van der Waals surface area contributed by atoms with Crippen LogP contribution in [0.2, 0.25) is 0 Å². The molecule has 2 aromatic carbocycles. The summed E-state index contributed by atoms with van der Waals surface area (Å²) in [5.74, 6) is 0.724. The summed E-state index contributed by atoms with van der Waals surface area (Å²) in [6.45, 7) is 3.28. The zero-order chi connectivity index (χ0) is 13.7. The minimum Gasteiger partial charge on any atom is -0.492 e. The molecule has 0 atom stereocenters. The summed E-state index contributed by atoms with van der Waals surface area (Å²) in [6, 6.07) is 13.9. The van der Waals surface area contributed by atoms with Gasteiger partial charge in [0.2, 0.25) is 0 Å². The first-order valence-electron chi connectivity index (χ1n) is 6.20. The standard InChI is InChI=1S/C15H17BrN2O/c1-2-19-14-8-4-7-13(15(14)17)18-10-11-5-3-6-12(16)9-11/h3-9,18H,2,10,17H2,1H3. The molecule has 0 spiro atoms. The van der Waals surface area contributed by atoms with Crippen molar-refractivity contribution in [1.82, 2.24) is 0 Å². The lowest BCUT2D eigenvalue weighted by molar-refractivity contribution is 0.342. The second kappa shape index (κ2) is 6.48. The highest BCUT2D eigenvalue weighted by Gasteiger charge is 2.05. The van der Waals surface area contributed by atoms with Crippen LogP contribution in [-0.4, -0.2) is 6.61 Å². The molecular weight excluding hydrogens is 304 g/mol. The number of benzene rings is 2. The van der Waals surface area contributed by atoms with E-state index < -0.39 is 0 Å². The smallest absolute Gasteiger partial charge is 0.144 e. The fourth-order valence-electron chi connectivity index (χ4n) is 1.82. The first-order chi connectivity index (χ1) is 9.20. The molecule has 19 heavy (non-hydrogen) atoms. The molecule has 0 aliphatic carbocycles. The number of para-hydroxylation sites is 1. The molecule has 0 aliphatic rings. The zero-order valence-electron chi connectivity index (χ0n) is 10.8. The van der Waals surface area contributed by atoms with Crippen molar-refractivity contribution in [3.8, 4) is 5.75 Å². The molecule has 2 aromatic rings. The summed E-state index contributed by atoms with van der Waals surface area (Å²) in [5.41, 5.74) is 8.80. The molecule has 3 nitrogen and oxygen atoms in total.